The average molecular weight is 472 g/mol. The number of nitrogens with zero attached hydrogens (tertiary/aromatic N) is 2. The summed E-state index contributed by atoms with van der Waals surface area (Å²) in [6.07, 6.45) is -4.64. The molecule has 5 nitrogen and oxygen atoms in total. The van der Waals surface area contributed by atoms with Crippen molar-refractivity contribution in [1.29, 1.82) is 0 Å². The minimum Gasteiger partial charge on any atom is -0.392 e. The summed E-state index contributed by atoms with van der Waals surface area (Å²) in [6.45, 7) is 1.24. The van der Waals surface area contributed by atoms with Crippen molar-refractivity contribution >= 4 is 29.1 Å². The summed E-state index contributed by atoms with van der Waals surface area (Å²) < 4.78 is 40.7. The molecule has 0 fully saturated rings. The maximum absolute atomic E-state index is 13.2. The fraction of sp³-hybridized carbons (Fsp3) is 0.238. The lowest BCUT2D eigenvalue weighted by molar-refractivity contribution is -0.141. The quantitative estimate of drug-likeness (QED) is 0.524. The fourth-order valence-corrected chi connectivity index (χ4v) is 3.39. The van der Waals surface area contributed by atoms with E-state index < -0.39 is 23.7 Å². The van der Waals surface area contributed by atoms with Crippen LogP contribution in [-0.4, -0.2) is 20.8 Å². The van der Waals surface area contributed by atoms with E-state index in [9.17, 15) is 23.1 Å². The van der Waals surface area contributed by atoms with Crippen molar-refractivity contribution in [2.24, 2.45) is 0 Å². The third-order valence-electron chi connectivity index (χ3n) is 4.71. The topological polar surface area (TPSA) is 67.2 Å². The molecule has 1 heterocycles. The van der Waals surface area contributed by atoms with Gasteiger partial charge < -0.3 is 10.4 Å². The van der Waals surface area contributed by atoms with Gasteiger partial charge in [-0.15, -0.1) is 0 Å². The largest absolute Gasteiger partial charge is 0.435 e. The normalized spacial score (nSPS) is 12.6. The summed E-state index contributed by atoms with van der Waals surface area (Å²) in [4.78, 5) is 12.6. The van der Waals surface area contributed by atoms with E-state index in [2.05, 4.69) is 10.4 Å². The molecule has 0 bridgehead atoms. The van der Waals surface area contributed by atoms with E-state index in [0.717, 1.165) is 10.7 Å². The number of hydrogen-bond acceptors (Lipinski definition) is 3. The first-order valence-electron chi connectivity index (χ1n) is 9.19. The van der Waals surface area contributed by atoms with E-state index in [1.54, 1.807) is 43.3 Å². The lowest BCUT2D eigenvalue weighted by Gasteiger charge is -2.14. The van der Waals surface area contributed by atoms with Crippen LogP contribution in [0.1, 0.15) is 35.4 Å². The van der Waals surface area contributed by atoms with Crippen molar-refractivity contribution in [3.63, 3.8) is 0 Å². The van der Waals surface area contributed by atoms with Crippen LogP contribution in [0.2, 0.25) is 10.0 Å². The number of hydrogen-bond donors (Lipinski definition) is 2. The highest BCUT2D eigenvalue weighted by Crippen LogP contribution is 2.30. The molecular weight excluding hydrogens is 454 g/mol. The Balaban J connectivity index is 1.82. The van der Waals surface area contributed by atoms with Crippen molar-refractivity contribution in [1.82, 2.24) is 15.1 Å². The highest BCUT2D eigenvalue weighted by atomic mass is 35.5. The molecule has 1 aromatic heterocycles. The van der Waals surface area contributed by atoms with Gasteiger partial charge in [-0.2, -0.15) is 18.3 Å². The van der Waals surface area contributed by atoms with E-state index in [0.29, 0.717) is 26.9 Å². The molecule has 3 rings (SSSR count). The number of aliphatic hydroxyl groups is 1. The molecule has 0 spiro atoms. The number of aromatic nitrogens is 2. The summed E-state index contributed by atoms with van der Waals surface area (Å²) in [7, 11) is 0. The molecule has 164 valence electrons. The number of nitrogens with one attached hydrogen (secondary N) is 1. The van der Waals surface area contributed by atoms with E-state index in [1.807, 2.05) is 0 Å². The molecule has 0 saturated carbocycles. The first-order valence-corrected chi connectivity index (χ1v) is 9.94. The molecule has 0 aliphatic carbocycles. The third-order valence-corrected chi connectivity index (χ3v) is 5.30. The number of alkyl halides is 3. The Labute approximate surface area is 186 Å². The monoisotopic (exact) mass is 471 g/mol. The molecule has 0 radical (unpaired) electrons. The molecule has 1 amide bonds. The van der Waals surface area contributed by atoms with E-state index in [4.69, 9.17) is 23.2 Å². The van der Waals surface area contributed by atoms with Crippen LogP contribution >= 0.6 is 23.2 Å². The van der Waals surface area contributed by atoms with Crippen molar-refractivity contribution in [3.8, 4) is 5.69 Å². The number of carbonyl (C=O) groups excluding carboxylic acids is 1. The van der Waals surface area contributed by atoms with Gasteiger partial charge in [-0.1, -0.05) is 41.4 Å². The number of benzene rings is 2. The van der Waals surface area contributed by atoms with Crippen LogP contribution in [0.5, 0.6) is 0 Å². The molecule has 0 saturated heterocycles. The molecule has 31 heavy (non-hydrogen) atoms. The van der Waals surface area contributed by atoms with Crippen LogP contribution in [0.25, 0.3) is 5.69 Å². The molecule has 1 atom stereocenters. The molecule has 1 unspecified atom stereocenters. The molecular formula is C21H18Cl2F3N3O2. The second-order valence-electron chi connectivity index (χ2n) is 6.86. The highest BCUT2D eigenvalue weighted by Gasteiger charge is 2.35. The van der Waals surface area contributed by atoms with Crippen LogP contribution in [0.4, 0.5) is 13.2 Å². The SMILES string of the molecule is CC(C(=O)NCc1cc(C(F)(F)F)nn1-c1cccc(Cl)c1)c1ccc(CO)c(Cl)c1. The lowest BCUT2D eigenvalue weighted by Crippen LogP contribution is -2.28. The van der Waals surface area contributed by atoms with E-state index in [1.165, 1.54) is 6.07 Å². The van der Waals surface area contributed by atoms with Gasteiger partial charge in [0.25, 0.3) is 0 Å². The van der Waals surface area contributed by atoms with Crippen LogP contribution in [0, 0.1) is 0 Å². The third kappa shape index (κ3) is 5.39. The van der Waals surface area contributed by atoms with Crippen LogP contribution in [0.15, 0.2) is 48.5 Å². The average Bonchev–Trinajstić information content (AvgIpc) is 3.16. The molecule has 2 aromatic carbocycles. The Bertz CT molecular complexity index is 1100. The summed E-state index contributed by atoms with van der Waals surface area (Å²) in [6, 6.07) is 12.0. The number of aliphatic hydroxyl groups excluding tert-OH is 1. The van der Waals surface area contributed by atoms with Gasteiger partial charge in [0.1, 0.15) is 0 Å². The predicted octanol–water partition coefficient (Wildman–Crippen LogP) is 5.11. The summed E-state index contributed by atoms with van der Waals surface area (Å²) in [5.74, 6) is -1.02. The fourth-order valence-electron chi connectivity index (χ4n) is 2.96. The van der Waals surface area contributed by atoms with Gasteiger partial charge in [-0.25, -0.2) is 4.68 Å². The van der Waals surface area contributed by atoms with Gasteiger partial charge >= 0.3 is 6.18 Å². The molecule has 2 N–H and O–H groups in total. The Morgan fingerprint density at radius 1 is 1.19 bits per heavy atom. The zero-order chi connectivity index (χ0) is 22.8. The van der Waals surface area contributed by atoms with Gasteiger partial charge in [0.15, 0.2) is 5.69 Å². The first-order chi connectivity index (χ1) is 14.6. The minimum absolute atomic E-state index is 0.142. The molecule has 0 aliphatic heterocycles. The summed E-state index contributed by atoms with van der Waals surface area (Å²) in [5.41, 5.74) is 0.550. The predicted molar refractivity (Wildman–Crippen MR) is 111 cm³/mol. The maximum atomic E-state index is 13.2. The second-order valence-corrected chi connectivity index (χ2v) is 7.70. The van der Waals surface area contributed by atoms with Crippen molar-refractivity contribution in [2.75, 3.05) is 0 Å². The number of carbonyl (C=O) groups is 1. The van der Waals surface area contributed by atoms with Gasteiger partial charge in [0, 0.05) is 10.0 Å². The molecule has 0 aliphatic rings. The molecule has 10 heteroatoms. The number of amides is 1. The van der Waals surface area contributed by atoms with Gasteiger partial charge in [-0.3, -0.25) is 4.79 Å². The van der Waals surface area contributed by atoms with E-state index in [-0.39, 0.29) is 18.8 Å². The minimum atomic E-state index is -4.64. The van der Waals surface area contributed by atoms with Crippen molar-refractivity contribution in [2.45, 2.75) is 32.2 Å². The lowest BCUT2D eigenvalue weighted by atomic mass is 9.99. The van der Waals surface area contributed by atoms with Crippen molar-refractivity contribution < 1.29 is 23.1 Å². The number of rotatable bonds is 6. The second kappa shape index (κ2) is 9.30. The zero-order valence-electron chi connectivity index (χ0n) is 16.3. The van der Waals surface area contributed by atoms with Gasteiger partial charge in [-0.05, 0) is 48.4 Å². The van der Waals surface area contributed by atoms with Crippen LogP contribution in [-0.2, 0) is 24.1 Å². The Morgan fingerprint density at radius 3 is 2.55 bits per heavy atom. The van der Waals surface area contributed by atoms with Crippen LogP contribution < -0.4 is 5.32 Å². The standard InChI is InChI=1S/C21H18Cl2F3N3O2/c1-12(13-5-6-14(11-30)18(23)7-13)20(31)27-10-17-9-19(21(24,25)26)28-29(17)16-4-2-3-15(22)8-16/h2-9,12,30H,10-11H2,1H3,(H,27,31). The first kappa shape index (κ1) is 23.1. The Morgan fingerprint density at radius 2 is 1.94 bits per heavy atom. The summed E-state index contributed by atoms with van der Waals surface area (Å²) in [5, 5.41) is 16.2. The van der Waals surface area contributed by atoms with E-state index >= 15 is 0 Å². The number of halogens is 5. The van der Waals surface area contributed by atoms with Gasteiger partial charge in [0.05, 0.1) is 30.5 Å². The zero-order valence-corrected chi connectivity index (χ0v) is 17.8. The molecule has 3 aromatic rings. The summed E-state index contributed by atoms with van der Waals surface area (Å²) >= 11 is 12.0. The van der Waals surface area contributed by atoms with Crippen molar-refractivity contribution in [3.05, 3.63) is 81.1 Å². The Kier molecular flexibility index (Phi) is 6.93. The van der Waals surface area contributed by atoms with Gasteiger partial charge in [0.2, 0.25) is 5.91 Å². The maximum Gasteiger partial charge on any atom is 0.435 e. The Hall–Kier alpha value is -2.55. The highest BCUT2D eigenvalue weighted by molar-refractivity contribution is 6.31. The van der Waals surface area contributed by atoms with Crippen LogP contribution in [0.3, 0.4) is 0 Å². The smallest absolute Gasteiger partial charge is 0.392 e.